The number of methoxy groups -OCH3 is 1. The molecule has 3 N–H and O–H groups in total. The molecule has 1 aliphatic heterocycles. The number of alkyl carbamates (subject to hydrolysis) is 1. The quantitative estimate of drug-likeness (QED) is 0.442. The third-order valence-electron chi connectivity index (χ3n) is 5.96. The number of nitrogens with two attached hydrogens (primary N) is 1. The first kappa shape index (κ1) is 27.9. The Morgan fingerprint density at radius 1 is 1.14 bits per heavy atom. The molecule has 1 fully saturated rings. The van der Waals surface area contributed by atoms with E-state index in [4.69, 9.17) is 19.9 Å². The van der Waals surface area contributed by atoms with Crippen LogP contribution in [0.2, 0.25) is 0 Å². The molecule has 3 atom stereocenters. The molecule has 0 aromatic heterocycles. The summed E-state index contributed by atoms with van der Waals surface area (Å²) >= 11 is 0. The average Bonchev–Trinajstić information content (AvgIpc) is 3.36. The largest absolute Gasteiger partial charge is 0.497 e. The fourth-order valence-electron chi connectivity index (χ4n) is 4.06. The second-order valence-electron chi connectivity index (χ2n) is 9.39. The molecule has 198 valence electrons. The lowest BCUT2D eigenvalue weighted by molar-refractivity contribution is 0.0797. The van der Waals surface area contributed by atoms with Gasteiger partial charge in [-0.2, -0.15) is 4.31 Å². The molecular weight excluding hydrogens is 482 g/mol. The predicted molar refractivity (Wildman–Crippen MR) is 137 cm³/mol. The monoisotopic (exact) mass is 519 g/mol. The van der Waals surface area contributed by atoms with Crippen LogP contribution in [0.15, 0.2) is 59.5 Å². The Morgan fingerprint density at radius 2 is 1.83 bits per heavy atom. The Bertz CT molecular complexity index is 1060. The van der Waals surface area contributed by atoms with E-state index in [9.17, 15) is 13.2 Å². The van der Waals surface area contributed by atoms with Gasteiger partial charge in [0.05, 0.1) is 31.3 Å². The summed E-state index contributed by atoms with van der Waals surface area (Å²) in [7, 11) is -2.31. The van der Waals surface area contributed by atoms with Crippen molar-refractivity contribution in [1.82, 2.24) is 9.62 Å². The first-order valence-electron chi connectivity index (χ1n) is 12.2. The van der Waals surface area contributed by atoms with Crippen LogP contribution in [0, 0.1) is 5.92 Å². The van der Waals surface area contributed by atoms with Gasteiger partial charge in [-0.15, -0.1) is 0 Å². The van der Waals surface area contributed by atoms with Crippen molar-refractivity contribution >= 4 is 16.1 Å². The summed E-state index contributed by atoms with van der Waals surface area (Å²) in [5, 5.41) is 2.88. The minimum absolute atomic E-state index is 0.0247. The van der Waals surface area contributed by atoms with Crippen molar-refractivity contribution in [3.63, 3.8) is 0 Å². The van der Waals surface area contributed by atoms with Crippen LogP contribution in [-0.2, 0) is 25.9 Å². The highest BCUT2D eigenvalue weighted by Gasteiger charge is 2.31. The van der Waals surface area contributed by atoms with Crippen molar-refractivity contribution in [3.05, 3.63) is 60.2 Å². The van der Waals surface area contributed by atoms with Gasteiger partial charge in [0, 0.05) is 25.6 Å². The lowest BCUT2D eigenvalue weighted by Crippen LogP contribution is -2.55. The van der Waals surface area contributed by atoms with E-state index in [1.165, 1.54) is 23.5 Å². The molecule has 0 radical (unpaired) electrons. The van der Waals surface area contributed by atoms with Gasteiger partial charge in [-0.25, -0.2) is 13.2 Å². The van der Waals surface area contributed by atoms with Gasteiger partial charge >= 0.3 is 6.09 Å². The molecule has 3 rings (SSSR count). The van der Waals surface area contributed by atoms with Crippen molar-refractivity contribution in [1.29, 1.82) is 0 Å². The minimum atomic E-state index is -3.83. The van der Waals surface area contributed by atoms with Gasteiger partial charge in [0.25, 0.3) is 0 Å². The molecule has 2 aromatic rings. The number of carbonyl (C=O) groups excluding carboxylic acids is 1. The number of hydrogen-bond donors (Lipinski definition) is 2. The van der Waals surface area contributed by atoms with Crippen LogP contribution in [0.4, 0.5) is 4.79 Å². The van der Waals surface area contributed by atoms with E-state index < -0.39 is 28.2 Å². The average molecular weight is 520 g/mol. The first-order chi connectivity index (χ1) is 17.2. The topological polar surface area (TPSA) is 120 Å². The molecule has 2 aromatic carbocycles. The number of benzene rings is 2. The van der Waals surface area contributed by atoms with E-state index in [0.717, 1.165) is 5.56 Å². The Labute approximate surface area is 214 Å². The van der Waals surface area contributed by atoms with E-state index in [1.807, 2.05) is 44.2 Å². The van der Waals surface area contributed by atoms with Crippen LogP contribution in [0.25, 0.3) is 0 Å². The standard InChI is InChI=1S/C26H37N3O6S/c1-19(2)16-29(36(31,32)23-11-9-21(33-3)10-12-23)17-24(27)25(15-20-7-5-4-6-8-20)28-26(30)35-22-13-14-34-18-22/h4-12,19,22,24-25H,13-18,27H2,1-3H3,(H,28,30)/t22?,24-,25+/m1/s1. The van der Waals surface area contributed by atoms with E-state index in [1.54, 1.807) is 12.1 Å². The van der Waals surface area contributed by atoms with Gasteiger partial charge < -0.3 is 25.3 Å². The van der Waals surface area contributed by atoms with Crippen molar-refractivity contribution in [3.8, 4) is 5.75 Å². The Morgan fingerprint density at radius 3 is 2.42 bits per heavy atom. The number of amides is 1. The summed E-state index contributed by atoms with van der Waals surface area (Å²) in [6.07, 6.45) is 0.184. The number of sulfonamides is 1. The molecule has 0 saturated carbocycles. The number of nitrogens with zero attached hydrogens (tertiary/aromatic N) is 1. The maximum Gasteiger partial charge on any atom is 0.407 e. The van der Waals surface area contributed by atoms with Crippen LogP contribution in [0.1, 0.15) is 25.8 Å². The van der Waals surface area contributed by atoms with E-state index in [-0.39, 0.29) is 30.0 Å². The summed E-state index contributed by atoms with van der Waals surface area (Å²) < 4.78 is 44.4. The molecule has 9 nitrogen and oxygen atoms in total. The van der Waals surface area contributed by atoms with E-state index >= 15 is 0 Å². The van der Waals surface area contributed by atoms with Crippen LogP contribution in [0.5, 0.6) is 5.75 Å². The first-order valence-corrected chi connectivity index (χ1v) is 13.6. The molecule has 36 heavy (non-hydrogen) atoms. The normalized spacial score (nSPS) is 17.7. The van der Waals surface area contributed by atoms with Gasteiger partial charge in [-0.1, -0.05) is 44.2 Å². The molecule has 1 aliphatic rings. The Kier molecular flexibility index (Phi) is 10.1. The van der Waals surface area contributed by atoms with Gasteiger partial charge in [-0.3, -0.25) is 0 Å². The number of hydrogen-bond acceptors (Lipinski definition) is 7. The van der Waals surface area contributed by atoms with Crippen molar-refractivity contribution in [2.24, 2.45) is 11.7 Å². The zero-order valence-electron chi connectivity index (χ0n) is 21.1. The Balaban J connectivity index is 1.80. The molecule has 0 spiro atoms. The molecule has 10 heteroatoms. The van der Waals surface area contributed by atoms with Gasteiger partial charge in [0.15, 0.2) is 0 Å². The molecule has 1 unspecified atom stereocenters. The lowest BCUT2D eigenvalue weighted by Gasteiger charge is -2.31. The molecular formula is C26H37N3O6S. The smallest absolute Gasteiger partial charge is 0.407 e. The number of ether oxygens (including phenoxy) is 3. The number of rotatable bonds is 12. The van der Waals surface area contributed by atoms with Crippen LogP contribution >= 0.6 is 0 Å². The molecule has 1 amide bonds. The predicted octanol–water partition coefficient (Wildman–Crippen LogP) is 2.80. The summed E-state index contributed by atoms with van der Waals surface area (Å²) in [6, 6.07) is 14.6. The second-order valence-corrected chi connectivity index (χ2v) is 11.3. The zero-order valence-corrected chi connectivity index (χ0v) is 21.9. The van der Waals surface area contributed by atoms with E-state index in [0.29, 0.717) is 31.8 Å². The second kappa shape index (κ2) is 13.0. The SMILES string of the molecule is COc1ccc(S(=O)(=O)N(CC(C)C)C[C@@H](N)[C@H](Cc2ccccc2)NC(=O)OC2CCOC2)cc1. The lowest BCUT2D eigenvalue weighted by atomic mass is 9.99. The van der Waals surface area contributed by atoms with Gasteiger partial charge in [0.1, 0.15) is 11.9 Å². The van der Waals surface area contributed by atoms with Crippen molar-refractivity contribution in [2.75, 3.05) is 33.4 Å². The van der Waals surface area contributed by atoms with Crippen molar-refractivity contribution in [2.45, 2.75) is 49.8 Å². The van der Waals surface area contributed by atoms with Gasteiger partial charge in [-0.05, 0) is 42.2 Å². The molecule has 1 heterocycles. The summed E-state index contributed by atoms with van der Waals surface area (Å²) in [5.74, 6) is 0.637. The summed E-state index contributed by atoms with van der Waals surface area (Å²) in [4.78, 5) is 12.8. The maximum atomic E-state index is 13.5. The fraction of sp³-hybridized carbons (Fsp3) is 0.500. The molecule has 0 bridgehead atoms. The van der Waals surface area contributed by atoms with Crippen LogP contribution < -0.4 is 15.8 Å². The molecule has 0 aliphatic carbocycles. The third-order valence-corrected chi connectivity index (χ3v) is 7.81. The zero-order chi connectivity index (χ0) is 26.1. The number of carbonyl (C=O) groups is 1. The highest BCUT2D eigenvalue weighted by molar-refractivity contribution is 7.89. The Hall–Kier alpha value is -2.66. The summed E-state index contributed by atoms with van der Waals surface area (Å²) in [6.45, 7) is 5.12. The maximum absolute atomic E-state index is 13.5. The third kappa shape index (κ3) is 7.92. The minimum Gasteiger partial charge on any atom is -0.497 e. The van der Waals surface area contributed by atoms with E-state index in [2.05, 4.69) is 5.32 Å². The molecule has 1 saturated heterocycles. The number of nitrogens with one attached hydrogen (secondary N) is 1. The van der Waals surface area contributed by atoms with Gasteiger partial charge in [0.2, 0.25) is 10.0 Å². The fourth-order valence-corrected chi connectivity index (χ4v) is 5.70. The highest BCUT2D eigenvalue weighted by Crippen LogP contribution is 2.21. The van der Waals surface area contributed by atoms with Crippen molar-refractivity contribution < 1.29 is 27.4 Å². The van der Waals surface area contributed by atoms with Crippen LogP contribution in [0.3, 0.4) is 0 Å². The highest BCUT2D eigenvalue weighted by atomic mass is 32.2. The summed E-state index contributed by atoms with van der Waals surface area (Å²) in [5.41, 5.74) is 7.57. The van der Waals surface area contributed by atoms with Crippen LogP contribution in [-0.4, -0.2) is 70.4 Å².